The van der Waals surface area contributed by atoms with Gasteiger partial charge in [0, 0.05) is 36.1 Å². The van der Waals surface area contributed by atoms with E-state index in [2.05, 4.69) is 25.0 Å². The molecule has 2 atom stereocenters. The Morgan fingerprint density at radius 3 is 2.67 bits per heavy atom. The van der Waals surface area contributed by atoms with Crippen molar-refractivity contribution in [1.82, 2.24) is 34.7 Å². The maximum Gasteiger partial charge on any atom is 0.263 e. The highest BCUT2D eigenvalue weighted by Gasteiger charge is 2.37. The molecule has 0 aromatic carbocycles. The Labute approximate surface area is 171 Å². The Kier molecular flexibility index (Phi) is 4.32. The first-order valence-electron chi connectivity index (χ1n) is 9.73. The molecule has 0 spiro atoms. The molecule has 0 unspecified atom stereocenters. The van der Waals surface area contributed by atoms with E-state index in [4.69, 9.17) is 4.98 Å². The number of H-pyrrole nitrogens is 1. The van der Waals surface area contributed by atoms with Gasteiger partial charge in [-0.1, -0.05) is 6.07 Å². The lowest BCUT2D eigenvalue weighted by Gasteiger charge is -2.34. The lowest BCUT2D eigenvalue weighted by molar-refractivity contribution is 0.319. The summed E-state index contributed by atoms with van der Waals surface area (Å²) < 4.78 is 1.60. The van der Waals surface area contributed by atoms with Crippen molar-refractivity contribution in [2.45, 2.75) is 38.1 Å². The number of aryl methyl sites for hydroxylation is 1. The first-order chi connectivity index (χ1) is 14.6. The number of rotatable bonds is 4. The molecule has 30 heavy (non-hydrogen) atoms. The molecule has 4 aromatic heterocycles. The Hall–Kier alpha value is -3.93. The van der Waals surface area contributed by atoms with Gasteiger partial charge >= 0.3 is 0 Å². The van der Waals surface area contributed by atoms with Gasteiger partial charge in [-0.25, -0.2) is 19.6 Å². The maximum absolute atomic E-state index is 12.8. The molecule has 0 amide bonds. The van der Waals surface area contributed by atoms with Gasteiger partial charge in [-0.3, -0.25) is 9.78 Å². The van der Waals surface area contributed by atoms with Crippen LogP contribution in [0, 0.1) is 18.3 Å². The first-order valence-corrected chi connectivity index (χ1v) is 9.73. The topological polar surface area (TPSA) is 126 Å². The molecular formula is C21H18N8O. The summed E-state index contributed by atoms with van der Waals surface area (Å²) >= 11 is 0. The van der Waals surface area contributed by atoms with Crippen LogP contribution in [0.1, 0.15) is 53.3 Å². The number of pyridine rings is 1. The van der Waals surface area contributed by atoms with E-state index in [1.807, 2.05) is 25.1 Å². The highest BCUT2D eigenvalue weighted by molar-refractivity contribution is 5.80. The van der Waals surface area contributed by atoms with Crippen LogP contribution in [-0.2, 0) is 6.54 Å². The van der Waals surface area contributed by atoms with Crippen LogP contribution in [0.15, 0.2) is 41.6 Å². The fourth-order valence-electron chi connectivity index (χ4n) is 3.86. The summed E-state index contributed by atoms with van der Waals surface area (Å²) in [6.07, 6.45) is 7.03. The predicted molar refractivity (Wildman–Crippen MR) is 108 cm³/mol. The molecule has 1 aliphatic carbocycles. The zero-order chi connectivity index (χ0) is 20.7. The van der Waals surface area contributed by atoms with Gasteiger partial charge in [0.15, 0.2) is 11.3 Å². The molecule has 4 aromatic rings. The standard InChI is InChI=1S/C21H18N8O/c1-12-3-4-13(10-25-12)11-29-20-17(16(9-22)28-29)21(30)27-19(26-20)15-6-5-14(15)18-23-7-2-8-24-18/h2-4,7-8,10,14-15H,5-6,11H2,1H3,(H,26,27,30)/t14-,15-/m0/s1. The number of hydrogen-bond acceptors (Lipinski definition) is 7. The molecule has 1 saturated carbocycles. The van der Waals surface area contributed by atoms with Crippen molar-refractivity contribution in [3.63, 3.8) is 0 Å². The van der Waals surface area contributed by atoms with E-state index in [9.17, 15) is 10.1 Å². The van der Waals surface area contributed by atoms with Gasteiger partial charge in [-0.05, 0) is 37.5 Å². The smallest absolute Gasteiger partial charge is 0.263 e. The molecule has 1 fully saturated rings. The number of fused-ring (bicyclic) bond motifs is 1. The molecule has 0 aliphatic heterocycles. The summed E-state index contributed by atoms with van der Waals surface area (Å²) in [7, 11) is 0. The van der Waals surface area contributed by atoms with E-state index in [0.717, 1.165) is 29.9 Å². The SMILES string of the molecule is Cc1ccc(Cn2nc(C#N)c3c(=O)[nH]c([C@H]4CC[C@@H]4c4ncccn4)nc32)cn1. The van der Waals surface area contributed by atoms with Crippen LogP contribution in [0.5, 0.6) is 0 Å². The second kappa shape index (κ2) is 7.15. The average Bonchev–Trinajstić information content (AvgIpc) is 3.08. The van der Waals surface area contributed by atoms with E-state index in [1.54, 1.807) is 29.3 Å². The first kappa shape index (κ1) is 18.1. The number of nitriles is 1. The van der Waals surface area contributed by atoms with Gasteiger partial charge in [0.25, 0.3) is 5.56 Å². The van der Waals surface area contributed by atoms with Gasteiger partial charge in [0.05, 0.1) is 6.54 Å². The number of aromatic amines is 1. The van der Waals surface area contributed by atoms with Crippen molar-refractivity contribution >= 4 is 11.0 Å². The van der Waals surface area contributed by atoms with Crippen LogP contribution in [0.3, 0.4) is 0 Å². The van der Waals surface area contributed by atoms with Crippen LogP contribution < -0.4 is 5.56 Å². The number of aromatic nitrogens is 7. The largest absolute Gasteiger partial charge is 0.310 e. The summed E-state index contributed by atoms with van der Waals surface area (Å²) in [6, 6.07) is 7.66. The van der Waals surface area contributed by atoms with Crippen LogP contribution in [0.2, 0.25) is 0 Å². The molecule has 1 aliphatic rings. The van der Waals surface area contributed by atoms with Crippen LogP contribution in [0.4, 0.5) is 0 Å². The molecular weight excluding hydrogens is 380 g/mol. The molecule has 4 heterocycles. The van der Waals surface area contributed by atoms with Crippen LogP contribution in [-0.4, -0.2) is 34.7 Å². The predicted octanol–water partition coefficient (Wildman–Crippen LogP) is 2.19. The number of hydrogen-bond donors (Lipinski definition) is 1. The van der Waals surface area contributed by atoms with Crippen molar-refractivity contribution in [3.8, 4) is 6.07 Å². The van der Waals surface area contributed by atoms with E-state index < -0.39 is 0 Å². The average molecular weight is 398 g/mol. The zero-order valence-corrected chi connectivity index (χ0v) is 16.3. The van der Waals surface area contributed by atoms with E-state index in [0.29, 0.717) is 18.0 Å². The summed E-state index contributed by atoms with van der Waals surface area (Å²) in [5, 5.41) is 14.0. The third-order valence-corrected chi connectivity index (χ3v) is 5.57. The number of nitrogens with one attached hydrogen (secondary N) is 1. The van der Waals surface area contributed by atoms with Crippen LogP contribution >= 0.6 is 0 Å². The molecule has 0 radical (unpaired) electrons. The molecule has 0 saturated heterocycles. The third kappa shape index (κ3) is 3.03. The highest BCUT2D eigenvalue weighted by atomic mass is 16.1. The third-order valence-electron chi connectivity index (χ3n) is 5.57. The Balaban J connectivity index is 1.58. The van der Waals surface area contributed by atoms with E-state index >= 15 is 0 Å². The molecule has 5 rings (SSSR count). The minimum absolute atomic E-state index is 0.0272. The van der Waals surface area contributed by atoms with E-state index in [1.165, 1.54) is 0 Å². The van der Waals surface area contributed by atoms with Crippen molar-refractivity contribution < 1.29 is 0 Å². The minimum Gasteiger partial charge on any atom is -0.310 e. The second-order valence-corrected chi connectivity index (χ2v) is 7.47. The highest BCUT2D eigenvalue weighted by Crippen LogP contribution is 2.46. The van der Waals surface area contributed by atoms with E-state index in [-0.39, 0.29) is 28.5 Å². The quantitative estimate of drug-likeness (QED) is 0.558. The molecule has 1 N–H and O–H groups in total. The normalized spacial score (nSPS) is 18.1. The Morgan fingerprint density at radius 1 is 1.20 bits per heavy atom. The van der Waals surface area contributed by atoms with Gasteiger partial charge in [0.1, 0.15) is 23.1 Å². The molecule has 9 nitrogen and oxygen atoms in total. The molecule has 148 valence electrons. The van der Waals surface area contributed by atoms with Crippen LogP contribution in [0.25, 0.3) is 11.0 Å². The lowest BCUT2D eigenvalue weighted by atomic mass is 9.72. The number of nitrogens with zero attached hydrogens (tertiary/aromatic N) is 7. The summed E-state index contributed by atoms with van der Waals surface area (Å²) in [6.45, 7) is 2.29. The molecule has 9 heteroatoms. The fourth-order valence-corrected chi connectivity index (χ4v) is 3.86. The van der Waals surface area contributed by atoms with Gasteiger partial charge in [-0.2, -0.15) is 10.4 Å². The van der Waals surface area contributed by atoms with Gasteiger partial charge in [-0.15, -0.1) is 0 Å². The summed E-state index contributed by atoms with van der Waals surface area (Å²) in [5.41, 5.74) is 1.96. The monoisotopic (exact) mass is 398 g/mol. The summed E-state index contributed by atoms with van der Waals surface area (Å²) in [5.74, 6) is 1.48. The molecule has 0 bridgehead atoms. The van der Waals surface area contributed by atoms with Crippen molar-refractivity contribution in [2.24, 2.45) is 0 Å². The zero-order valence-electron chi connectivity index (χ0n) is 16.3. The Morgan fingerprint density at radius 2 is 2.00 bits per heavy atom. The fraction of sp³-hybridized carbons (Fsp3) is 0.286. The lowest BCUT2D eigenvalue weighted by Crippen LogP contribution is -2.28. The van der Waals surface area contributed by atoms with Crippen molar-refractivity contribution in [3.05, 3.63) is 75.7 Å². The second-order valence-electron chi connectivity index (χ2n) is 7.47. The van der Waals surface area contributed by atoms with Gasteiger partial charge < -0.3 is 4.98 Å². The van der Waals surface area contributed by atoms with Crippen molar-refractivity contribution in [2.75, 3.05) is 0 Å². The maximum atomic E-state index is 12.8. The summed E-state index contributed by atoms with van der Waals surface area (Å²) in [4.78, 5) is 33.5. The Bertz CT molecular complexity index is 1320. The van der Waals surface area contributed by atoms with Crippen molar-refractivity contribution in [1.29, 1.82) is 5.26 Å². The minimum atomic E-state index is -0.348. The van der Waals surface area contributed by atoms with Gasteiger partial charge in [0.2, 0.25) is 0 Å².